The highest BCUT2D eigenvalue weighted by Crippen LogP contribution is 2.25. The van der Waals surface area contributed by atoms with Crippen molar-refractivity contribution < 1.29 is 23.6 Å². The van der Waals surface area contributed by atoms with Crippen LogP contribution in [0.25, 0.3) is 0 Å². The van der Waals surface area contributed by atoms with Gasteiger partial charge in [-0.05, 0) is 42.3 Å². The molecule has 0 saturated carbocycles. The van der Waals surface area contributed by atoms with Gasteiger partial charge in [0.2, 0.25) is 5.91 Å². The average molecular weight is 431 g/mol. The fourth-order valence-electron chi connectivity index (χ4n) is 3.45. The summed E-state index contributed by atoms with van der Waals surface area (Å²) in [5.74, 6) is -1.27. The third-order valence-electron chi connectivity index (χ3n) is 5.12. The number of imide groups is 1. The summed E-state index contributed by atoms with van der Waals surface area (Å²) in [7, 11) is 0. The normalized spacial score (nSPS) is 12.6. The molecule has 8 heteroatoms. The lowest BCUT2D eigenvalue weighted by molar-refractivity contribution is -0.120. The molecule has 2 heterocycles. The Bertz CT molecular complexity index is 1160. The van der Waals surface area contributed by atoms with Crippen LogP contribution in [0.3, 0.4) is 0 Å². The molecule has 32 heavy (non-hydrogen) atoms. The van der Waals surface area contributed by atoms with Gasteiger partial charge in [0.25, 0.3) is 17.7 Å². The maximum absolute atomic E-state index is 12.7. The van der Waals surface area contributed by atoms with Gasteiger partial charge in [0.05, 0.1) is 30.5 Å². The fourth-order valence-corrected chi connectivity index (χ4v) is 3.45. The van der Waals surface area contributed by atoms with Gasteiger partial charge in [-0.15, -0.1) is 0 Å². The fraction of sp³-hybridized carbons (Fsp3) is 0.167. The molecule has 162 valence electrons. The number of rotatable bonds is 8. The standard InChI is InChI=1S/C24H21N3O5/c28-21(25-11-10-16-5-2-1-3-6-16)14-26-22(29)17-8-9-19-20(13-17)24(31)27(23(19)30)15-18-7-4-12-32-18/h1-9,12-13H,10-11,14-15H2,(H,25,28)(H,26,29). The van der Waals surface area contributed by atoms with Crippen LogP contribution in [0.15, 0.2) is 71.3 Å². The van der Waals surface area contributed by atoms with E-state index in [4.69, 9.17) is 4.42 Å². The Labute approximate surface area is 184 Å². The number of benzene rings is 2. The Morgan fingerprint density at radius 1 is 0.875 bits per heavy atom. The largest absolute Gasteiger partial charge is 0.467 e. The van der Waals surface area contributed by atoms with Gasteiger partial charge in [-0.2, -0.15) is 0 Å². The van der Waals surface area contributed by atoms with E-state index >= 15 is 0 Å². The van der Waals surface area contributed by atoms with Crippen molar-refractivity contribution in [3.63, 3.8) is 0 Å². The van der Waals surface area contributed by atoms with Crippen LogP contribution >= 0.6 is 0 Å². The maximum Gasteiger partial charge on any atom is 0.261 e. The molecule has 8 nitrogen and oxygen atoms in total. The van der Waals surface area contributed by atoms with Gasteiger partial charge in [-0.1, -0.05) is 30.3 Å². The maximum atomic E-state index is 12.7. The number of hydrogen-bond donors (Lipinski definition) is 2. The third kappa shape index (κ3) is 4.59. The molecule has 0 spiro atoms. The van der Waals surface area contributed by atoms with Crippen LogP contribution in [-0.4, -0.2) is 41.6 Å². The quantitative estimate of drug-likeness (QED) is 0.532. The Morgan fingerprint density at radius 3 is 2.41 bits per heavy atom. The van der Waals surface area contributed by atoms with Crippen LogP contribution in [0.1, 0.15) is 42.4 Å². The molecule has 1 aromatic heterocycles. The van der Waals surface area contributed by atoms with Crippen LogP contribution < -0.4 is 10.6 Å². The summed E-state index contributed by atoms with van der Waals surface area (Å²) in [6.45, 7) is 0.284. The third-order valence-corrected chi connectivity index (χ3v) is 5.12. The zero-order valence-electron chi connectivity index (χ0n) is 17.2. The molecule has 0 bridgehead atoms. The highest BCUT2D eigenvalue weighted by Gasteiger charge is 2.36. The Morgan fingerprint density at radius 2 is 1.66 bits per heavy atom. The van der Waals surface area contributed by atoms with Gasteiger partial charge in [0.15, 0.2) is 0 Å². The molecule has 4 rings (SSSR count). The second kappa shape index (κ2) is 9.30. The van der Waals surface area contributed by atoms with E-state index in [2.05, 4.69) is 10.6 Å². The summed E-state index contributed by atoms with van der Waals surface area (Å²) in [5.41, 5.74) is 1.69. The number of amides is 4. The molecular weight excluding hydrogens is 410 g/mol. The topological polar surface area (TPSA) is 109 Å². The molecule has 2 N–H and O–H groups in total. The van der Waals surface area contributed by atoms with E-state index in [0.717, 1.165) is 10.5 Å². The van der Waals surface area contributed by atoms with Crippen LogP contribution in [0.5, 0.6) is 0 Å². The Balaban J connectivity index is 1.31. The van der Waals surface area contributed by atoms with Gasteiger partial charge in [0, 0.05) is 12.1 Å². The van der Waals surface area contributed by atoms with Crippen LogP contribution in [0, 0.1) is 0 Å². The summed E-state index contributed by atoms with van der Waals surface area (Å²) in [6, 6.07) is 17.4. The first kappa shape index (κ1) is 21.0. The van der Waals surface area contributed by atoms with Crippen LogP contribution in [0.4, 0.5) is 0 Å². The lowest BCUT2D eigenvalue weighted by Crippen LogP contribution is -2.37. The molecule has 0 saturated heterocycles. The molecular formula is C24H21N3O5. The van der Waals surface area contributed by atoms with Crippen LogP contribution in [0.2, 0.25) is 0 Å². The van der Waals surface area contributed by atoms with E-state index in [0.29, 0.717) is 18.7 Å². The van der Waals surface area contributed by atoms with E-state index in [-0.39, 0.29) is 35.7 Å². The van der Waals surface area contributed by atoms with Crippen molar-refractivity contribution in [2.24, 2.45) is 0 Å². The second-order valence-corrected chi connectivity index (χ2v) is 7.30. The van der Waals surface area contributed by atoms with Crippen molar-refractivity contribution in [3.8, 4) is 0 Å². The first-order valence-electron chi connectivity index (χ1n) is 10.1. The predicted molar refractivity (Wildman–Crippen MR) is 115 cm³/mol. The van der Waals surface area contributed by atoms with Crippen molar-refractivity contribution in [1.29, 1.82) is 0 Å². The monoisotopic (exact) mass is 431 g/mol. The summed E-state index contributed by atoms with van der Waals surface area (Å²) in [4.78, 5) is 50.8. The van der Waals surface area contributed by atoms with Gasteiger partial charge in [0.1, 0.15) is 5.76 Å². The molecule has 3 aromatic rings. The summed E-state index contributed by atoms with van der Waals surface area (Å²) >= 11 is 0. The molecule has 4 amide bonds. The summed E-state index contributed by atoms with van der Waals surface area (Å²) in [6.07, 6.45) is 2.16. The molecule has 0 radical (unpaired) electrons. The zero-order chi connectivity index (χ0) is 22.5. The number of furan rings is 1. The van der Waals surface area contributed by atoms with Crippen molar-refractivity contribution in [1.82, 2.24) is 15.5 Å². The van der Waals surface area contributed by atoms with E-state index < -0.39 is 17.7 Å². The Hall–Kier alpha value is -4.20. The first-order valence-corrected chi connectivity index (χ1v) is 10.1. The number of carbonyl (C=O) groups is 4. The van der Waals surface area contributed by atoms with Gasteiger partial charge < -0.3 is 15.1 Å². The molecule has 2 aromatic carbocycles. The molecule has 1 aliphatic heterocycles. The van der Waals surface area contributed by atoms with Gasteiger partial charge in [-0.25, -0.2) is 0 Å². The SMILES string of the molecule is O=C(CNC(=O)c1ccc2c(c1)C(=O)N(Cc1ccco1)C2=O)NCCc1ccccc1. The number of hydrogen-bond acceptors (Lipinski definition) is 5. The number of nitrogens with zero attached hydrogens (tertiary/aromatic N) is 1. The minimum atomic E-state index is -0.504. The van der Waals surface area contributed by atoms with E-state index in [1.165, 1.54) is 24.5 Å². The molecule has 0 atom stereocenters. The van der Waals surface area contributed by atoms with Gasteiger partial charge in [-0.3, -0.25) is 24.1 Å². The van der Waals surface area contributed by atoms with E-state index in [1.807, 2.05) is 30.3 Å². The minimum Gasteiger partial charge on any atom is -0.467 e. The number of carbonyl (C=O) groups excluding carboxylic acids is 4. The molecule has 1 aliphatic rings. The minimum absolute atomic E-state index is 0.0179. The Kier molecular flexibility index (Phi) is 6.12. The van der Waals surface area contributed by atoms with Crippen molar-refractivity contribution >= 4 is 23.6 Å². The average Bonchev–Trinajstić information content (AvgIpc) is 3.41. The molecule has 0 fully saturated rings. The van der Waals surface area contributed by atoms with Crippen molar-refractivity contribution in [2.75, 3.05) is 13.1 Å². The molecule has 0 aliphatic carbocycles. The highest BCUT2D eigenvalue weighted by atomic mass is 16.3. The number of nitrogens with one attached hydrogen (secondary N) is 2. The number of fused-ring (bicyclic) bond motifs is 1. The van der Waals surface area contributed by atoms with E-state index in [9.17, 15) is 19.2 Å². The summed E-state index contributed by atoms with van der Waals surface area (Å²) < 4.78 is 5.21. The predicted octanol–water partition coefficient (Wildman–Crippen LogP) is 2.16. The lowest BCUT2D eigenvalue weighted by Gasteiger charge is -2.11. The lowest BCUT2D eigenvalue weighted by atomic mass is 10.1. The zero-order valence-corrected chi connectivity index (χ0v) is 17.2. The molecule has 0 unspecified atom stereocenters. The van der Waals surface area contributed by atoms with Crippen molar-refractivity contribution in [2.45, 2.75) is 13.0 Å². The first-order chi connectivity index (χ1) is 15.5. The second-order valence-electron chi connectivity index (χ2n) is 7.30. The highest BCUT2D eigenvalue weighted by molar-refractivity contribution is 6.22. The van der Waals surface area contributed by atoms with E-state index in [1.54, 1.807) is 12.1 Å². The van der Waals surface area contributed by atoms with Crippen LogP contribution in [-0.2, 0) is 17.8 Å². The van der Waals surface area contributed by atoms with Gasteiger partial charge >= 0.3 is 0 Å². The smallest absolute Gasteiger partial charge is 0.261 e. The summed E-state index contributed by atoms with van der Waals surface area (Å²) in [5, 5.41) is 5.29. The van der Waals surface area contributed by atoms with Crippen molar-refractivity contribution in [3.05, 3.63) is 94.9 Å².